The van der Waals surface area contributed by atoms with E-state index in [0.717, 1.165) is 6.07 Å². The van der Waals surface area contributed by atoms with Crippen LogP contribution in [-0.2, 0) is 11.8 Å². The molecule has 120 valence electrons. The Morgan fingerprint density at radius 1 is 1.10 bits per heavy atom. The Morgan fingerprint density at radius 2 is 1.67 bits per heavy atom. The van der Waals surface area contributed by atoms with Crippen molar-refractivity contribution in [1.29, 1.82) is 0 Å². The standard InChI is InChI=1S/C13H14F6O2/c1-3-6-21-10-5-4-8(12(14,15)16)7-9(10)11(2,20)13(17,18)19/h4-5,7,20H,3,6H2,1-2H3. The van der Waals surface area contributed by atoms with E-state index in [-0.39, 0.29) is 12.7 Å². The van der Waals surface area contributed by atoms with Crippen molar-refractivity contribution in [3.05, 3.63) is 29.3 Å². The molecule has 8 heteroatoms. The lowest BCUT2D eigenvalue weighted by Gasteiger charge is -2.29. The van der Waals surface area contributed by atoms with Crippen LogP contribution < -0.4 is 4.74 Å². The first-order valence-corrected chi connectivity index (χ1v) is 6.05. The summed E-state index contributed by atoms with van der Waals surface area (Å²) in [6.45, 7) is 2.10. The number of ether oxygens (including phenoxy) is 1. The molecule has 1 unspecified atom stereocenters. The van der Waals surface area contributed by atoms with Gasteiger partial charge in [-0.1, -0.05) is 6.92 Å². The molecule has 1 rings (SSSR count). The topological polar surface area (TPSA) is 29.5 Å². The number of benzene rings is 1. The molecule has 0 aliphatic rings. The van der Waals surface area contributed by atoms with Crippen LogP contribution in [0.3, 0.4) is 0 Å². The van der Waals surface area contributed by atoms with Crippen LogP contribution in [0.1, 0.15) is 31.4 Å². The summed E-state index contributed by atoms with van der Waals surface area (Å²) in [5.74, 6) is -0.424. The largest absolute Gasteiger partial charge is 0.493 e. The van der Waals surface area contributed by atoms with Gasteiger partial charge < -0.3 is 9.84 Å². The second kappa shape index (κ2) is 5.75. The minimum absolute atomic E-state index is 0.0201. The number of halogens is 6. The minimum Gasteiger partial charge on any atom is -0.493 e. The lowest BCUT2D eigenvalue weighted by molar-refractivity contribution is -0.259. The first-order chi connectivity index (χ1) is 9.41. The zero-order chi connectivity index (χ0) is 16.5. The van der Waals surface area contributed by atoms with Crippen LogP contribution in [0.4, 0.5) is 26.3 Å². The molecule has 0 aliphatic heterocycles. The van der Waals surface area contributed by atoms with Crippen molar-refractivity contribution in [3.8, 4) is 5.75 Å². The summed E-state index contributed by atoms with van der Waals surface area (Å²) in [6.07, 6.45) is -9.50. The summed E-state index contributed by atoms with van der Waals surface area (Å²) in [7, 11) is 0. The molecule has 0 bridgehead atoms. The molecule has 1 N–H and O–H groups in total. The third-order valence-corrected chi connectivity index (χ3v) is 2.85. The second-order valence-electron chi connectivity index (χ2n) is 4.63. The Hall–Kier alpha value is -1.44. The van der Waals surface area contributed by atoms with Crippen LogP contribution in [0.15, 0.2) is 18.2 Å². The minimum atomic E-state index is -5.14. The van der Waals surface area contributed by atoms with Crippen molar-refractivity contribution in [1.82, 2.24) is 0 Å². The molecule has 0 spiro atoms. The molecule has 0 amide bonds. The van der Waals surface area contributed by atoms with Gasteiger partial charge in [0.2, 0.25) is 0 Å². The van der Waals surface area contributed by atoms with Gasteiger partial charge in [0.25, 0.3) is 0 Å². The summed E-state index contributed by atoms with van der Waals surface area (Å²) in [6, 6.07) is 1.66. The molecule has 0 saturated heterocycles. The first-order valence-electron chi connectivity index (χ1n) is 6.05. The molecule has 0 heterocycles. The molecule has 0 aromatic heterocycles. The third kappa shape index (κ3) is 3.81. The van der Waals surface area contributed by atoms with Gasteiger partial charge in [-0.25, -0.2) is 0 Å². The fourth-order valence-electron chi connectivity index (χ4n) is 1.58. The smallest absolute Gasteiger partial charge is 0.421 e. The Kier molecular flexibility index (Phi) is 4.82. The molecule has 1 aromatic carbocycles. The fourth-order valence-corrected chi connectivity index (χ4v) is 1.58. The number of hydrogen-bond donors (Lipinski definition) is 1. The average Bonchev–Trinajstić information content (AvgIpc) is 2.33. The molecule has 0 radical (unpaired) electrons. The van der Waals surface area contributed by atoms with Gasteiger partial charge in [-0.05, 0) is 31.5 Å². The number of aliphatic hydroxyl groups is 1. The summed E-state index contributed by atoms with van der Waals surface area (Å²) in [5.41, 5.74) is -5.69. The van der Waals surface area contributed by atoms with Gasteiger partial charge >= 0.3 is 12.4 Å². The van der Waals surface area contributed by atoms with Gasteiger partial charge in [0.1, 0.15) is 5.75 Å². The molecule has 0 saturated carbocycles. The average molecular weight is 316 g/mol. The molecule has 1 atom stereocenters. The highest BCUT2D eigenvalue weighted by atomic mass is 19.4. The van der Waals surface area contributed by atoms with Crippen molar-refractivity contribution in [3.63, 3.8) is 0 Å². The van der Waals surface area contributed by atoms with Crippen LogP contribution in [0.2, 0.25) is 0 Å². The highest BCUT2D eigenvalue weighted by molar-refractivity contribution is 5.42. The van der Waals surface area contributed by atoms with Crippen LogP contribution in [-0.4, -0.2) is 17.9 Å². The van der Waals surface area contributed by atoms with Gasteiger partial charge in [0, 0.05) is 5.56 Å². The van der Waals surface area contributed by atoms with Crippen LogP contribution in [0.25, 0.3) is 0 Å². The normalized spacial score (nSPS) is 15.7. The second-order valence-corrected chi connectivity index (χ2v) is 4.63. The molecular weight excluding hydrogens is 302 g/mol. The highest BCUT2D eigenvalue weighted by Gasteiger charge is 2.53. The first kappa shape index (κ1) is 17.6. The molecular formula is C13H14F6O2. The summed E-state index contributed by atoms with van der Waals surface area (Å²) < 4.78 is 81.5. The summed E-state index contributed by atoms with van der Waals surface area (Å²) in [4.78, 5) is 0. The number of alkyl halides is 6. The Morgan fingerprint density at radius 3 is 2.10 bits per heavy atom. The quantitative estimate of drug-likeness (QED) is 0.841. The van der Waals surface area contributed by atoms with E-state index in [9.17, 15) is 31.4 Å². The third-order valence-electron chi connectivity index (χ3n) is 2.85. The van der Waals surface area contributed by atoms with Crippen molar-refractivity contribution < 1.29 is 36.2 Å². The van der Waals surface area contributed by atoms with Gasteiger partial charge in [0.05, 0.1) is 12.2 Å². The van der Waals surface area contributed by atoms with Crippen molar-refractivity contribution >= 4 is 0 Å². The van der Waals surface area contributed by atoms with E-state index in [1.807, 2.05) is 0 Å². The SMILES string of the molecule is CCCOc1ccc(C(F)(F)F)cc1C(C)(O)C(F)(F)F. The van der Waals surface area contributed by atoms with E-state index in [1.54, 1.807) is 6.92 Å². The van der Waals surface area contributed by atoms with Gasteiger partial charge in [-0.2, -0.15) is 26.3 Å². The van der Waals surface area contributed by atoms with E-state index in [1.165, 1.54) is 0 Å². The molecule has 1 aromatic rings. The molecule has 21 heavy (non-hydrogen) atoms. The van der Waals surface area contributed by atoms with Crippen LogP contribution >= 0.6 is 0 Å². The van der Waals surface area contributed by atoms with Crippen molar-refractivity contribution in [2.45, 2.75) is 38.2 Å². The molecule has 2 nitrogen and oxygen atoms in total. The predicted octanol–water partition coefficient (Wildman–Crippen LogP) is 4.26. The van der Waals surface area contributed by atoms with E-state index >= 15 is 0 Å². The Bertz CT molecular complexity index is 490. The van der Waals surface area contributed by atoms with Gasteiger partial charge in [-0.15, -0.1) is 0 Å². The number of rotatable bonds is 4. The van der Waals surface area contributed by atoms with Gasteiger partial charge in [0.15, 0.2) is 5.60 Å². The number of hydrogen-bond acceptors (Lipinski definition) is 2. The van der Waals surface area contributed by atoms with Crippen molar-refractivity contribution in [2.75, 3.05) is 6.61 Å². The van der Waals surface area contributed by atoms with Crippen LogP contribution in [0, 0.1) is 0 Å². The zero-order valence-corrected chi connectivity index (χ0v) is 11.3. The lowest BCUT2D eigenvalue weighted by Crippen LogP contribution is -2.39. The Balaban J connectivity index is 3.42. The fraction of sp³-hybridized carbons (Fsp3) is 0.538. The zero-order valence-electron chi connectivity index (χ0n) is 11.3. The molecule has 0 fully saturated rings. The predicted molar refractivity (Wildman–Crippen MR) is 62.9 cm³/mol. The van der Waals surface area contributed by atoms with E-state index in [0.29, 0.717) is 19.4 Å². The highest BCUT2D eigenvalue weighted by Crippen LogP contribution is 2.44. The maximum atomic E-state index is 12.9. The lowest BCUT2D eigenvalue weighted by atomic mass is 9.92. The van der Waals surface area contributed by atoms with E-state index in [2.05, 4.69) is 0 Å². The van der Waals surface area contributed by atoms with Crippen molar-refractivity contribution in [2.24, 2.45) is 0 Å². The summed E-state index contributed by atoms with van der Waals surface area (Å²) in [5, 5.41) is 9.62. The maximum absolute atomic E-state index is 12.9. The maximum Gasteiger partial charge on any atom is 0.421 e. The van der Waals surface area contributed by atoms with E-state index < -0.39 is 34.8 Å². The van der Waals surface area contributed by atoms with E-state index in [4.69, 9.17) is 4.74 Å². The monoisotopic (exact) mass is 316 g/mol. The molecule has 0 aliphatic carbocycles. The van der Waals surface area contributed by atoms with Gasteiger partial charge in [-0.3, -0.25) is 0 Å². The summed E-state index contributed by atoms with van der Waals surface area (Å²) >= 11 is 0. The Labute approximate surface area is 117 Å². The van der Waals surface area contributed by atoms with Crippen LogP contribution in [0.5, 0.6) is 5.75 Å².